The Morgan fingerprint density at radius 3 is 1.90 bits per heavy atom. The van der Waals surface area contributed by atoms with Gasteiger partial charge in [0.1, 0.15) is 0 Å². The minimum Gasteiger partial charge on any atom is -0.310 e. The molecule has 0 saturated heterocycles. The molecule has 8 aromatic rings. The highest BCUT2D eigenvalue weighted by atomic mass is 15.2. The number of benzene rings is 7. The average Bonchev–Trinajstić information content (AvgIpc) is 3.52. The average molecular weight is 653 g/mol. The van der Waals surface area contributed by atoms with Crippen molar-refractivity contribution in [2.45, 2.75) is 19.3 Å². The molecule has 240 valence electrons. The van der Waals surface area contributed by atoms with E-state index in [1.54, 1.807) is 0 Å². The van der Waals surface area contributed by atoms with Crippen LogP contribution in [-0.4, -0.2) is 4.57 Å². The van der Waals surface area contributed by atoms with E-state index in [1.807, 2.05) is 30.3 Å². The van der Waals surface area contributed by atoms with E-state index in [9.17, 15) is 5.26 Å². The smallest absolute Gasteiger partial charge is 0.195 e. The molecule has 7 aromatic carbocycles. The number of hydrogen-bond acceptors (Lipinski definition) is 2. The number of aromatic nitrogens is 1. The Hall–Kier alpha value is -6.88. The largest absolute Gasteiger partial charge is 0.310 e. The Bertz CT molecular complexity index is 2700. The fraction of sp³-hybridized carbons (Fsp3) is 0.0638. The molecular weight excluding hydrogens is 621 g/mol. The SMILES string of the molecule is [C-]#[N+]c1ccc(-c2ccc3c(c2)C(C)(C)c2ccccc2N3c2ccccc2)cc1-c1cc(C#N)ccc1-n1c2ccccc2c2ccccc21. The van der Waals surface area contributed by atoms with E-state index >= 15 is 0 Å². The van der Waals surface area contributed by atoms with E-state index in [2.05, 4.69) is 162 Å². The van der Waals surface area contributed by atoms with Crippen LogP contribution in [0.1, 0.15) is 30.5 Å². The first-order valence-corrected chi connectivity index (χ1v) is 17.1. The summed E-state index contributed by atoms with van der Waals surface area (Å²) in [5.74, 6) is 0. The molecule has 0 fully saturated rings. The Kier molecular flexibility index (Phi) is 6.88. The second-order valence-electron chi connectivity index (χ2n) is 13.6. The molecule has 0 aliphatic carbocycles. The van der Waals surface area contributed by atoms with Crippen LogP contribution in [0, 0.1) is 17.9 Å². The van der Waals surface area contributed by atoms with E-state index < -0.39 is 0 Å². The zero-order valence-corrected chi connectivity index (χ0v) is 28.3. The van der Waals surface area contributed by atoms with Crippen LogP contribution in [0.4, 0.5) is 22.7 Å². The van der Waals surface area contributed by atoms with Gasteiger partial charge >= 0.3 is 0 Å². The number of fused-ring (bicyclic) bond motifs is 5. The maximum atomic E-state index is 10.0. The lowest BCUT2D eigenvalue weighted by Gasteiger charge is -2.42. The Morgan fingerprint density at radius 2 is 1.18 bits per heavy atom. The van der Waals surface area contributed by atoms with Gasteiger partial charge < -0.3 is 9.47 Å². The highest BCUT2D eigenvalue weighted by Crippen LogP contribution is 2.53. The van der Waals surface area contributed by atoms with Crippen LogP contribution < -0.4 is 4.90 Å². The van der Waals surface area contributed by atoms with Crippen molar-refractivity contribution in [3.05, 3.63) is 186 Å². The Morgan fingerprint density at radius 1 is 0.569 bits per heavy atom. The van der Waals surface area contributed by atoms with Gasteiger partial charge in [-0.3, -0.25) is 0 Å². The van der Waals surface area contributed by atoms with Gasteiger partial charge in [-0.1, -0.05) is 111 Å². The first-order valence-electron chi connectivity index (χ1n) is 17.1. The summed E-state index contributed by atoms with van der Waals surface area (Å²) < 4.78 is 2.26. The summed E-state index contributed by atoms with van der Waals surface area (Å²) in [6, 6.07) is 57.0. The molecule has 0 bridgehead atoms. The first kappa shape index (κ1) is 30.2. The van der Waals surface area contributed by atoms with Crippen molar-refractivity contribution in [1.82, 2.24) is 4.57 Å². The van der Waals surface area contributed by atoms with E-state index in [-0.39, 0.29) is 5.41 Å². The second-order valence-corrected chi connectivity index (χ2v) is 13.6. The Balaban J connectivity index is 1.25. The van der Waals surface area contributed by atoms with Gasteiger partial charge in [0.15, 0.2) is 5.69 Å². The number of para-hydroxylation sites is 4. The number of hydrogen-bond donors (Lipinski definition) is 0. The molecule has 9 rings (SSSR count). The van der Waals surface area contributed by atoms with Gasteiger partial charge in [-0.2, -0.15) is 5.26 Å². The maximum Gasteiger partial charge on any atom is 0.195 e. The number of anilines is 3. The lowest BCUT2D eigenvalue weighted by Crippen LogP contribution is -2.30. The zero-order chi connectivity index (χ0) is 34.7. The van der Waals surface area contributed by atoms with Crippen molar-refractivity contribution >= 4 is 44.6 Å². The van der Waals surface area contributed by atoms with E-state index in [0.717, 1.165) is 61.1 Å². The van der Waals surface area contributed by atoms with Crippen LogP contribution >= 0.6 is 0 Å². The monoisotopic (exact) mass is 652 g/mol. The summed E-state index contributed by atoms with van der Waals surface area (Å²) in [5.41, 5.74) is 13.6. The van der Waals surface area contributed by atoms with Crippen molar-refractivity contribution in [3.8, 4) is 34.0 Å². The van der Waals surface area contributed by atoms with E-state index in [0.29, 0.717) is 11.3 Å². The molecule has 0 atom stereocenters. The molecule has 0 radical (unpaired) electrons. The van der Waals surface area contributed by atoms with Crippen LogP contribution in [0.2, 0.25) is 0 Å². The van der Waals surface area contributed by atoms with Gasteiger partial charge in [0.25, 0.3) is 0 Å². The quantitative estimate of drug-likeness (QED) is 0.177. The van der Waals surface area contributed by atoms with Gasteiger partial charge in [-0.05, 0) is 94.0 Å². The molecule has 1 aliphatic heterocycles. The summed E-state index contributed by atoms with van der Waals surface area (Å²) >= 11 is 0. The molecule has 0 N–H and O–H groups in total. The molecule has 0 unspecified atom stereocenters. The van der Waals surface area contributed by atoms with Gasteiger partial charge in [-0.15, -0.1) is 0 Å². The van der Waals surface area contributed by atoms with Crippen LogP contribution in [0.3, 0.4) is 0 Å². The highest BCUT2D eigenvalue weighted by Gasteiger charge is 2.37. The van der Waals surface area contributed by atoms with Crippen molar-refractivity contribution in [2.75, 3.05) is 4.90 Å². The maximum absolute atomic E-state index is 10.0. The topological polar surface area (TPSA) is 36.3 Å². The van der Waals surface area contributed by atoms with Crippen LogP contribution in [0.25, 0.3) is 54.6 Å². The fourth-order valence-corrected chi connectivity index (χ4v) is 7.97. The molecule has 51 heavy (non-hydrogen) atoms. The molecule has 2 heterocycles. The molecule has 0 amide bonds. The van der Waals surface area contributed by atoms with Crippen molar-refractivity contribution in [1.29, 1.82) is 5.26 Å². The van der Waals surface area contributed by atoms with Gasteiger partial charge in [0.2, 0.25) is 0 Å². The van der Waals surface area contributed by atoms with Crippen molar-refractivity contribution in [3.63, 3.8) is 0 Å². The molecule has 4 nitrogen and oxygen atoms in total. The summed E-state index contributed by atoms with van der Waals surface area (Å²) in [7, 11) is 0. The third kappa shape index (κ3) is 4.66. The second kappa shape index (κ2) is 11.6. The van der Waals surface area contributed by atoms with Crippen molar-refractivity contribution in [2.24, 2.45) is 0 Å². The molecule has 0 saturated carbocycles. The molecule has 0 spiro atoms. The predicted octanol–water partition coefficient (Wildman–Crippen LogP) is 12.6. The first-order chi connectivity index (χ1) is 25.0. The third-order valence-corrected chi connectivity index (χ3v) is 10.4. The molecule has 4 heteroatoms. The molecule has 1 aliphatic rings. The minimum absolute atomic E-state index is 0.253. The van der Waals surface area contributed by atoms with Crippen molar-refractivity contribution < 1.29 is 0 Å². The van der Waals surface area contributed by atoms with E-state index in [4.69, 9.17) is 6.57 Å². The molecular formula is C47H32N4. The highest BCUT2D eigenvalue weighted by molar-refractivity contribution is 6.10. The predicted molar refractivity (Wildman–Crippen MR) is 209 cm³/mol. The minimum atomic E-state index is -0.253. The lowest BCUT2D eigenvalue weighted by molar-refractivity contribution is 0.632. The fourth-order valence-electron chi connectivity index (χ4n) is 7.97. The van der Waals surface area contributed by atoms with Gasteiger partial charge in [-0.25, -0.2) is 4.85 Å². The lowest BCUT2D eigenvalue weighted by atomic mass is 9.73. The van der Waals surface area contributed by atoms with Gasteiger partial charge in [0, 0.05) is 21.9 Å². The number of nitriles is 1. The number of rotatable bonds is 4. The van der Waals surface area contributed by atoms with Crippen LogP contribution in [0.5, 0.6) is 0 Å². The van der Waals surface area contributed by atoms with Crippen LogP contribution in [0.15, 0.2) is 158 Å². The zero-order valence-electron chi connectivity index (χ0n) is 28.3. The summed E-state index contributed by atoms with van der Waals surface area (Å²) in [6.07, 6.45) is 0. The third-order valence-electron chi connectivity index (χ3n) is 10.4. The van der Waals surface area contributed by atoms with Crippen LogP contribution in [-0.2, 0) is 5.41 Å². The van der Waals surface area contributed by atoms with E-state index in [1.165, 1.54) is 16.8 Å². The normalized spacial score (nSPS) is 13.0. The number of nitrogens with zero attached hydrogens (tertiary/aromatic N) is 4. The summed E-state index contributed by atoms with van der Waals surface area (Å²) in [5, 5.41) is 12.4. The molecule has 1 aromatic heterocycles. The van der Waals surface area contributed by atoms with Gasteiger partial charge in [0.05, 0.1) is 46.3 Å². The summed E-state index contributed by atoms with van der Waals surface area (Å²) in [4.78, 5) is 6.36. The Labute approximate surface area is 297 Å². The summed E-state index contributed by atoms with van der Waals surface area (Å²) in [6.45, 7) is 12.8. The standard InChI is InChI=1S/C47H32N4/c1-47(2)39-17-9-12-20-45(39)50(34-13-5-4-6-14-34)46-26-23-33(29-40(46)47)32-22-24-41(49-3)37(28-32)38-27-31(30-48)21-25-44(38)51-42-18-10-7-15-35(42)36-16-8-11-19-43(36)51/h4-29H,1-2H3.